The molecule has 118 valence electrons. The number of ether oxygens (including phenoxy) is 1. The van der Waals surface area contributed by atoms with Crippen molar-refractivity contribution in [3.63, 3.8) is 0 Å². The van der Waals surface area contributed by atoms with E-state index in [1.165, 1.54) is 0 Å². The third-order valence-electron chi connectivity index (χ3n) is 3.88. The van der Waals surface area contributed by atoms with Gasteiger partial charge < -0.3 is 20.4 Å². The summed E-state index contributed by atoms with van der Waals surface area (Å²) in [4.78, 5) is 17.4. The lowest BCUT2D eigenvalue weighted by Crippen LogP contribution is -2.38. The molecule has 0 unspecified atom stereocenters. The molecule has 2 aromatic rings. The Labute approximate surface area is 129 Å². The Balaban J connectivity index is 1.41. The number of morpholine rings is 1. The third-order valence-corrected chi connectivity index (χ3v) is 3.88. The summed E-state index contributed by atoms with van der Waals surface area (Å²) in [6.45, 7) is 5.27. The molecule has 1 fully saturated rings. The first-order chi connectivity index (χ1) is 10.8. The number of aromatic nitrogens is 1. The molecule has 0 saturated carbocycles. The molecule has 22 heavy (non-hydrogen) atoms. The fraction of sp³-hybridized carbons (Fsp3) is 0.438. The fourth-order valence-corrected chi connectivity index (χ4v) is 2.67. The lowest BCUT2D eigenvalue weighted by molar-refractivity contribution is 0.0375. The van der Waals surface area contributed by atoms with E-state index in [4.69, 9.17) is 4.74 Å². The number of amides is 2. The number of nitrogens with one attached hydrogen (secondary N) is 3. The van der Waals surface area contributed by atoms with Gasteiger partial charge in [0, 0.05) is 36.7 Å². The second kappa shape index (κ2) is 7.29. The Bertz CT molecular complexity index is 619. The van der Waals surface area contributed by atoms with Crippen LogP contribution in [0.25, 0.3) is 10.9 Å². The molecule has 1 aromatic carbocycles. The monoisotopic (exact) mass is 302 g/mol. The number of rotatable bonds is 5. The summed E-state index contributed by atoms with van der Waals surface area (Å²) in [5.41, 5.74) is 1.83. The molecule has 1 aliphatic rings. The zero-order chi connectivity index (χ0) is 15.2. The number of aromatic amines is 1. The van der Waals surface area contributed by atoms with E-state index in [9.17, 15) is 4.79 Å². The number of fused-ring (bicyclic) bond motifs is 1. The minimum absolute atomic E-state index is 0.160. The van der Waals surface area contributed by atoms with Crippen LogP contribution in [0, 0.1) is 0 Å². The predicted molar refractivity (Wildman–Crippen MR) is 87.2 cm³/mol. The molecular weight excluding hydrogens is 280 g/mol. The van der Waals surface area contributed by atoms with Gasteiger partial charge in [0.2, 0.25) is 0 Å². The van der Waals surface area contributed by atoms with Crippen LogP contribution >= 0.6 is 0 Å². The fourth-order valence-electron chi connectivity index (χ4n) is 2.67. The van der Waals surface area contributed by atoms with Crippen molar-refractivity contribution in [2.75, 3.05) is 44.7 Å². The Morgan fingerprint density at radius 3 is 2.95 bits per heavy atom. The summed E-state index contributed by atoms with van der Waals surface area (Å²) in [6.07, 6.45) is 2.76. The van der Waals surface area contributed by atoms with Crippen LogP contribution < -0.4 is 10.6 Å². The van der Waals surface area contributed by atoms with Crippen molar-refractivity contribution in [1.29, 1.82) is 0 Å². The number of carbonyl (C=O) groups excluding carboxylic acids is 1. The minimum atomic E-state index is -0.160. The SMILES string of the molecule is O=C(NCCCN1CCOCC1)Nc1c[nH]c2ccccc12. The summed E-state index contributed by atoms with van der Waals surface area (Å²) >= 11 is 0. The number of benzene rings is 1. The number of hydrogen-bond acceptors (Lipinski definition) is 3. The zero-order valence-corrected chi connectivity index (χ0v) is 12.6. The van der Waals surface area contributed by atoms with Crippen LogP contribution in [0.4, 0.5) is 10.5 Å². The Morgan fingerprint density at radius 1 is 1.27 bits per heavy atom. The van der Waals surface area contributed by atoms with Crippen molar-refractivity contribution < 1.29 is 9.53 Å². The van der Waals surface area contributed by atoms with Gasteiger partial charge in [0.25, 0.3) is 0 Å². The average Bonchev–Trinajstić information content (AvgIpc) is 2.96. The van der Waals surface area contributed by atoms with Crippen LogP contribution in [0.3, 0.4) is 0 Å². The topological polar surface area (TPSA) is 69.4 Å². The molecule has 1 aliphatic heterocycles. The Morgan fingerprint density at radius 2 is 2.09 bits per heavy atom. The van der Waals surface area contributed by atoms with Crippen molar-refractivity contribution in [2.24, 2.45) is 0 Å². The van der Waals surface area contributed by atoms with Crippen LogP contribution in [-0.4, -0.2) is 55.3 Å². The van der Waals surface area contributed by atoms with E-state index in [1.807, 2.05) is 30.5 Å². The van der Waals surface area contributed by atoms with Gasteiger partial charge in [-0.25, -0.2) is 4.79 Å². The predicted octanol–water partition coefficient (Wildman–Crippen LogP) is 2.01. The first-order valence-electron chi connectivity index (χ1n) is 7.74. The lowest BCUT2D eigenvalue weighted by atomic mass is 10.2. The number of urea groups is 1. The number of nitrogens with zero attached hydrogens (tertiary/aromatic N) is 1. The number of hydrogen-bond donors (Lipinski definition) is 3. The van der Waals surface area contributed by atoms with Crippen LogP contribution in [0.5, 0.6) is 0 Å². The van der Waals surface area contributed by atoms with Gasteiger partial charge in [0.1, 0.15) is 0 Å². The molecule has 6 heteroatoms. The van der Waals surface area contributed by atoms with E-state index in [1.54, 1.807) is 0 Å². The Kier molecular flexibility index (Phi) is 4.92. The summed E-state index contributed by atoms with van der Waals surface area (Å²) in [7, 11) is 0. The van der Waals surface area contributed by atoms with E-state index in [2.05, 4.69) is 20.5 Å². The van der Waals surface area contributed by atoms with E-state index < -0.39 is 0 Å². The van der Waals surface area contributed by atoms with Crippen LogP contribution in [0.1, 0.15) is 6.42 Å². The highest BCUT2D eigenvalue weighted by Gasteiger charge is 2.10. The van der Waals surface area contributed by atoms with Crippen molar-refractivity contribution in [1.82, 2.24) is 15.2 Å². The van der Waals surface area contributed by atoms with Crippen LogP contribution in [0.15, 0.2) is 30.5 Å². The van der Waals surface area contributed by atoms with Gasteiger partial charge in [-0.3, -0.25) is 4.90 Å². The third kappa shape index (κ3) is 3.78. The van der Waals surface area contributed by atoms with Gasteiger partial charge in [-0.1, -0.05) is 18.2 Å². The highest BCUT2D eigenvalue weighted by molar-refractivity contribution is 6.00. The van der Waals surface area contributed by atoms with Crippen LogP contribution in [0.2, 0.25) is 0 Å². The first-order valence-corrected chi connectivity index (χ1v) is 7.74. The normalized spacial score (nSPS) is 15.8. The van der Waals surface area contributed by atoms with Gasteiger partial charge in [-0.15, -0.1) is 0 Å². The van der Waals surface area contributed by atoms with Gasteiger partial charge in [0.15, 0.2) is 0 Å². The van der Waals surface area contributed by atoms with Crippen molar-refractivity contribution in [2.45, 2.75) is 6.42 Å². The van der Waals surface area contributed by atoms with Gasteiger partial charge in [-0.2, -0.15) is 0 Å². The number of carbonyl (C=O) groups is 1. The summed E-state index contributed by atoms with van der Waals surface area (Å²) in [5, 5.41) is 6.81. The zero-order valence-electron chi connectivity index (χ0n) is 12.6. The molecule has 1 aromatic heterocycles. The molecule has 3 N–H and O–H groups in total. The summed E-state index contributed by atoms with van der Waals surface area (Å²) in [6, 6.07) is 7.74. The molecule has 0 radical (unpaired) electrons. The molecular formula is C16H22N4O2. The standard InChI is InChI=1S/C16H22N4O2/c21-16(17-6-3-7-20-8-10-22-11-9-20)19-15-12-18-14-5-2-1-4-13(14)15/h1-2,4-5,12,18H,3,6-11H2,(H2,17,19,21). The smallest absolute Gasteiger partial charge is 0.319 e. The lowest BCUT2D eigenvalue weighted by Gasteiger charge is -2.26. The second-order valence-electron chi connectivity index (χ2n) is 5.44. The second-order valence-corrected chi connectivity index (χ2v) is 5.44. The number of para-hydroxylation sites is 1. The molecule has 1 saturated heterocycles. The van der Waals surface area contributed by atoms with E-state index >= 15 is 0 Å². The number of H-pyrrole nitrogens is 1. The summed E-state index contributed by atoms with van der Waals surface area (Å²) in [5.74, 6) is 0. The molecule has 0 bridgehead atoms. The summed E-state index contributed by atoms with van der Waals surface area (Å²) < 4.78 is 5.31. The van der Waals surface area contributed by atoms with Gasteiger partial charge in [-0.05, 0) is 19.0 Å². The molecule has 0 spiro atoms. The largest absolute Gasteiger partial charge is 0.379 e. The van der Waals surface area contributed by atoms with Gasteiger partial charge >= 0.3 is 6.03 Å². The maximum atomic E-state index is 11.9. The van der Waals surface area contributed by atoms with Crippen molar-refractivity contribution in [3.05, 3.63) is 30.5 Å². The maximum Gasteiger partial charge on any atom is 0.319 e. The van der Waals surface area contributed by atoms with Crippen molar-refractivity contribution >= 4 is 22.6 Å². The highest BCUT2D eigenvalue weighted by Crippen LogP contribution is 2.22. The molecule has 0 atom stereocenters. The van der Waals surface area contributed by atoms with Crippen LogP contribution in [-0.2, 0) is 4.74 Å². The molecule has 0 aliphatic carbocycles. The molecule has 3 rings (SSSR count). The molecule has 2 heterocycles. The Hall–Kier alpha value is -2.05. The quantitative estimate of drug-likeness (QED) is 0.740. The average molecular weight is 302 g/mol. The number of anilines is 1. The van der Waals surface area contributed by atoms with E-state index in [-0.39, 0.29) is 6.03 Å². The maximum absolute atomic E-state index is 11.9. The first kappa shape index (κ1) is 14.9. The van der Waals surface area contributed by atoms with Crippen molar-refractivity contribution in [3.8, 4) is 0 Å². The minimum Gasteiger partial charge on any atom is -0.379 e. The van der Waals surface area contributed by atoms with Gasteiger partial charge in [0.05, 0.1) is 18.9 Å². The van der Waals surface area contributed by atoms with E-state index in [0.717, 1.165) is 55.9 Å². The highest BCUT2D eigenvalue weighted by atomic mass is 16.5. The van der Waals surface area contributed by atoms with E-state index in [0.29, 0.717) is 6.54 Å². The molecule has 2 amide bonds. The molecule has 6 nitrogen and oxygen atoms in total.